The van der Waals surface area contributed by atoms with Crippen LogP contribution in [-0.4, -0.2) is 17.5 Å². The Balaban J connectivity index is 2.89. The molecule has 1 atom stereocenters. The topological polar surface area (TPSA) is 81.2 Å². The summed E-state index contributed by atoms with van der Waals surface area (Å²) in [5.41, 5.74) is 6.02. The number of hydrogen-bond donors (Lipinski definition) is 2. The number of halogens is 1. The fourth-order valence-corrected chi connectivity index (χ4v) is 1.40. The van der Waals surface area contributed by atoms with E-state index < -0.39 is 10.7 Å². The Labute approximate surface area is 99.0 Å². The van der Waals surface area contributed by atoms with Crippen LogP contribution in [0.4, 0.5) is 15.8 Å². The van der Waals surface area contributed by atoms with Crippen LogP contribution in [0.2, 0.25) is 0 Å². The summed E-state index contributed by atoms with van der Waals surface area (Å²) in [4.78, 5) is 10.2. The van der Waals surface area contributed by atoms with Crippen LogP contribution in [0.25, 0.3) is 0 Å². The van der Waals surface area contributed by atoms with Crippen molar-refractivity contribution in [3.63, 3.8) is 0 Å². The van der Waals surface area contributed by atoms with Gasteiger partial charge in [-0.25, -0.2) is 4.39 Å². The van der Waals surface area contributed by atoms with Gasteiger partial charge in [0.15, 0.2) is 0 Å². The fraction of sp³-hybridized carbons (Fsp3) is 0.455. The second kappa shape index (κ2) is 5.58. The number of nitrogens with one attached hydrogen (secondary N) is 1. The normalized spacial score (nSPS) is 12.2. The maximum absolute atomic E-state index is 13.2. The van der Waals surface area contributed by atoms with E-state index in [1.807, 2.05) is 6.92 Å². The van der Waals surface area contributed by atoms with Crippen molar-refractivity contribution < 1.29 is 9.31 Å². The summed E-state index contributed by atoms with van der Waals surface area (Å²) in [5, 5.41) is 13.7. The van der Waals surface area contributed by atoms with Gasteiger partial charge in [-0.15, -0.1) is 0 Å². The van der Waals surface area contributed by atoms with Crippen LogP contribution in [0.1, 0.15) is 18.9 Å². The number of anilines is 1. The van der Waals surface area contributed by atoms with E-state index in [2.05, 4.69) is 5.32 Å². The van der Waals surface area contributed by atoms with Crippen molar-refractivity contribution in [3.8, 4) is 0 Å². The third-order valence-electron chi connectivity index (χ3n) is 2.39. The Hall–Kier alpha value is -1.69. The van der Waals surface area contributed by atoms with Crippen LogP contribution >= 0.6 is 0 Å². The van der Waals surface area contributed by atoms with Gasteiger partial charge in [0.25, 0.3) is 5.69 Å². The van der Waals surface area contributed by atoms with Crippen LogP contribution in [0.15, 0.2) is 12.1 Å². The molecule has 1 aromatic carbocycles. The highest BCUT2D eigenvalue weighted by molar-refractivity contribution is 5.63. The highest BCUT2D eigenvalue weighted by Crippen LogP contribution is 2.27. The minimum Gasteiger partial charge on any atom is -0.379 e. The Morgan fingerprint density at radius 3 is 2.76 bits per heavy atom. The molecule has 0 bridgehead atoms. The third-order valence-corrected chi connectivity index (χ3v) is 2.39. The zero-order chi connectivity index (χ0) is 13.0. The molecular weight excluding hydrogens is 225 g/mol. The van der Waals surface area contributed by atoms with E-state index in [9.17, 15) is 14.5 Å². The molecule has 0 saturated carbocycles. The van der Waals surface area contributed by atoms with Crippen molar-refractivity contribution in [1.29, 1.82) is 0 Å². The summed E-state index contributed by atoms with van der Waals surface area (Å²) in [6.45, 7) is 3.94. The number of rotatable bonds is 5. The number of nitro groups is 1. The Morgan fingerprint density at radius 2 is 2.24 bits per heavy atom. The quantitative estimate of drug-likeness (QED) is 0.611. The number of nitrogens with two attached hydrogens (primary N) is 1. The average molecular weight is 241 g/mol. The number of benzene rings is 1. The molecule has 1 aromatic rings. The van der Waals surface area contributed by atoms with Crippen molar-refractivity contribution in [2.24, 2.45) is 5.73 Å². The average Bonchev–Trinajstić information content (AvgIpc) is 2.22. The van der Waals surface area contributed by atoms with Crippen molar-refractivity contribution in [3.05, 3.63) is 33.6 Å². The highest BCUT2D eigenvalue weighted by Gasteiger charge is 2.16. The van der Waals surface area contributed by atoms with Crippen molar-refractivity contribution in [2.45, 2.75) is 26.3 Å². The maximum atomic E-state index is 13.2. The standard InChI is InChI=1S/C11H16FN3O2/c1-7-5-10(14-4-3-8(2)13)11(15(16)17)6-9(7)12/h5-6,8,14H,3-4,13H2,1-2H3. The molecule has 0 fully saturated rings. The molecule has 0 aromatic heterocycles. The van der Waals surface area contributed by atoms with Gasteiger partial charge in [0.2, 0.25) is 0 Å². The van der Waals surface area contributed by atoms with Crippen LogP contribution in [0.3, 0.4) is 0 Å². The second-order valence-corrected chi connectivity index (χ2v) is 4.07. The van der Waals surface area contributed by atoms with Crippen LogP contribution in [0, 0.1) is 22.9 Å². The van der Waals surface area contributed by atoms with E-state index in [1.165, 1.54) is 6.07 Å². The lowest BCUT2D eigenvalue weighted by atomic mass is 10.1. The molecule has 0 aliphatic heterocycles. The molecule has 0 aliphatic rings. The molecule has 1 rings (SSSR count). The summed E-state index contributed by atoms with van der Waals surface area (Å²) in [6.07, 6.45) is 0.688. The second-order valence-electron chi connectivity index (χ2n) is 4.07. The molecule has 0 radical (unpaired) electrons. The lowest BCUT2D eigenvalue weighted by Gasteiger charge is -2.10. The first-order valence-electron chi connectivity index (χ1n) is 5.35. The summed E-state index contributed by atoms with van der Waals surface area (Å²) in [5.74, 6) is -0.575. The summed E-state index contributed by atoms with van der Waals surface area (Å²) >= 11 is 0. The molecule has 5 nitrogen and oxygen atoms in total. The lowest BCUT2D eigenvalue weighted by Crippen LogP contribution is -2.19. The van der Waals surface area contributed by atoms with Crippen molar-refractivity contribution >= 4 is 11.4 Å². The van der Waals surface area contributed by atoms with Gasteiger partial charge in [-0.3, -0.25) is 10.1 Å². The van der Waals surface area contributed by atoms with Crippen LogP contribution in [-0.2, 0) is 0 Å². The molecule has 0 heterocycles. The minimum absolute atomic E-state index is 0.0168. The maximum Gasteiger partial charge on any atom is 0.295 e. The van der Waals surface area contributed by atoms with Crippen LogP contribution < -0.4 is 11.1 Å². The van der Waals surface area contributed by atoms with Crippen molar-refractivity contribution in [2.75, 3.05) is 11.9 Å². The van der Waals surface area contributed by atoms with E-state index >= 15 is 0 Å². The largest absolute Gasteiger partial charge is 0.379 e. The molecule has 0 aliphatic carbocycles. The lowest BCUT2D eigenvalue weighted by molar-refractivity contribution is -0.384. The van der Waals surface area contributed by atoms with E-state index in [4.69, 9.17) is 5.73 Å². The SMILES string of the molecule is Cc1cc(NCCC(C)N)c([N+](=O)[O-])cc1F. The Kier molecular flexibility index (Phi) is 4.39. The van der Waals surface area contributed by atoms with Gasteiger partial charge >= 0.3 is 0 Å². The Bertz CT molecular complexity index is 421. The van der Waals surface area contributed by atoms with Gasteiger partial charge in [0.05, 0.1) is 11.0 Å². The van der Waals surface area contributed by atoms with E-state index in [-0.39, 0.29) is 11.7 Å². The predicted molar refractivity (Wildman–Crippen MR) is 64.5 cm³/mol. The molecule has 0 spiro atoms. The minimum atomic E-state index is -0.600. The predicted octanol–water partition coefficient (Wildman–Crippen LogP) is 2.19. The molecule has 6 heteroatoms. The van der Waals surface area contributed by atoms with Crippen molar-refractivity contribution in [1.82, 2.24) is 0 Å². The smallest absolute Gasteiger partial charge is 0.295 e. The van der Waals surface area contributed by atoms with E-state index in [0.29, 0.717) is 24.2 Å². The van der Waals surface area contributed by atoms with E-state index in [1.54, 1.807) is 6.92 Å². The molecular formula is C11H16FN3O2. The van der Waals surface area contributed by atoms with Gasteiger partial charge in [-0.1, -0.05) is 0 Å². The number of aryl methyl sites for hydroxylation is 1. The Morgan fingerprint density at radius 1 is 1.59 bits per heavy atom. The fourth-order valence-electron chi connectivity index (χ4n) is 1.40. The molecule has 0 amide bonds. The molecule has 0 saturated heterocycles. The number of nitro benzene ring substituents is 1. The van der Waals surface area contributed by atoms with Gasteiger partial charge in [0, 0.05) is 12.6 Å². The van der Waals surface area contributed by atoms with Gasteiger partial charge in [-0.05, 0) is 31.9 Å². The zero-order valence-corrected chi connectivity index (χ0v) is 9.87. The zero-order valence-electron chi connectivity index (χ0n) is 9.87. The van der Waals surface area contributed by atoms with Gasteiger partial charge < -0.3 is 11.1 Å². The third kappa shape index (κ3) is 3.67. The highest BCUT2D eigenvalue weighted by atomic mass is 19.1. The first kappa shape index (κ1) is 13.4. The first-order chi connectivity index (χ1) is 7.91. The first-order valence-corrected chi connectivity index (χ1v) is 5.35. The van der Waals surface area contributed by atoms with Gasteiger partial charge in [-0.2, -0.15) is 0 Å². The molecule has 3 N–H and O–H groups in total. The molecule has 17 heavy (non-hydrogen) atoms. The summed E-state index contributed by atoms with van der Waals surface area (Å²) in [6, 6.07) is 2.39. The van der Waals surface area contributed by atoms with Crippen LogP contribution in [0.5, 0.6) is 0 Å². The number of nitrogens with zero attached hydrogens (tertiary/aromatic N) is 1. The number of hydrogen-bond acceptors (Lipinski definition) is 4. The summed E-state index contributed by atoms with van der Waals surface area (Å²) in [7, 11) is 0. The van der Waals surface area contributed by atoms with E-state index in [0.717, 1.165) is 6.07 Å². The molecule has 94 valence electrons. The van der Waals surface area contributed by atoms with Gasteiger partial charge in [0.1, 0.15) is 11.5 Å². The monoisotopic (exact) mass is 241 g/mol. The summed E-state index contributed by atoms with van der Waals surface area (Å²) < 4.78 is 13.2. The molecule has 1 unspecified atom stereocenters.